The lowest BCUT2D eigenvalue weighted by molar-refractivity contribution is -0.250. The third kappa shape index (κ3) is 4.56. The molecular weight excluding hydrogens is 477 g/mol. The number of aromatic nitrogens is 2. The Morgan fingerprint density at radius 3 is 2.58 bits per heavy atom. The molecule has 0 bridgehead atoms. The molecule has 0 spiro atoms. The molecule has 4 heterocycles. The molecule has 2 atom stereocenters. The van der Waals surface area contributed by atoms with Crippen LogP contribution in [-0.2, 0) is 22.7 Å². The number of alkyl halides is 3. The molecule has 8 nitrogen and oxygen atoms in total. The van der Waals surface area contributed by atoms with Crippen LogP contribution < -0.4 is 5.32 Å². The van der Waals surface area contributed by atoms with Gasteiger partial charge in [0.05, 0.1) is 0 Å². The van der Waals surface area contributed by atoms with E-state index in [9.17, 15) is 23.1 Å². The number of nitrogens with one attached hydrogen (secondary N) is 2. The van der Waals surface area contributed by atoms with Gasteiger partial charge in [-0.2, -0.15) is 13.2 Å². The van der Waals surface area contributed by atoms with Crippen molar-refractivity contribution >= 4 is 23.4 Å². The quantitative estimate of drug-likeness (QED) is 0.403. The molecule has 1 amide bonds. The van der Waals surface area contributed by atoms with Crippen LogP contribution >= 0.6 is 0 Å². The molecule has 192 valence electrons. The SMILES string of the molecule is Cc1c[nH]c2ncc(-c3cc4c(c([C@@H]5CCCN5)c3)CN(C(=O)C(C)(O)C(F)(F)F)C4)cc12.O=CO. The summed E-state index contributed by atoms with van der Waals surface area (Å²) < 4.78 is 39.9. The number of halogens is 3. The van der Waals surface area contributed by atoms with E-state index in [2.05, 4.69) is 21.4 Å². The lowest BCUT2D eigenvalue weighted by Gasteiger charge is -2.29. The third-order valence-electron chi connectivity index (χ3n) is 6.85. The summed E-state index contributed by atoms with van der Waals surface area (Å²) in [5.74, 6) is -1.33. The van der Waals surface area contributed by atoms with E-state index >= 15 is 0 Å². The number of hydrogen-bond acceptors (Lipinski definition) is 5. The minimum atomic E-state index is -5.05. The number of aromatic amines is 1. The zero-order valence-corrected chi connectivity index (χ0v) is 19.8. The van der Waals surface area contributed by atoms with Crippen molar-refractivity contribution in [2.45, 2.75) is 57.6 Å². The minimum absolute atomic E-state index is 0.0206. The number of fused-ring (bicyclic) bond motifs is 2. The number of H-pyrrole nitrogens is 1. The van der Waals surface area contributed by atoms with Gasteiger partial charge in [0, 0.05) is 42.5 Å². The summed E-state index contributed by atoms with van der Waals surface area (Å²) >= 11 is 0. The van der Waals surface area contributed by atoms with E-state index in [0.717, 1.165) is 68.7 Å². The smallest absolute Gasteiger partial charge is 0.426 e. The Balaban J connectivity index is 0.000000967. The molecule has 2 aliphatic rings. The lowest BCUT2D eigenvalue weighted by atomic mass is 9.91. The van der Waals surface area contributed by atoms with Crippen molar-refractivity contribution in [1.29, 1.82) is 0 Å². The molecule has 2 aromatic heterocycles. The number of hydrogen-bond donors (Lipinski definition) is 4. The van der Waals surface area contributed by atoms with Crippen LogP contribution in [0.2, 0.25) is 0 Å². The highest BCUT2D eigenvalue weighted by molar-refractivity contribution is 5.87. The molecule has 2 aliphatic heterocycles. The van der Waals surface area contributed by atoms with Crippen molar-refractivity contribution in [3.8, 4) is 11.1 Å². The van der Waals surface area contributed by atoms with E-state index in [0.29, 0.717) is 6.92 Å². The number of carboxylic acid groups (broad SMARTS) is 1. The van der Waals surface area contributed by atoms with Gasteiger partial charge in [-0.25, -0.2) is 4.98 Å². The Morgan fingerprint density at radius 2 is 1.94 bits per heavy atom. The zero-order chi connectivity index (χ0) is 26.3. The van der Waals surface area contributed by atoms with Crippen LogP contribution in [0.5, 0.6) is 0 Å². The molecular formula is C25H27F3N4O4. The van der Waals surface area contributed by atoms with Crippen LogP contribution in [0.3, 0.4) is 0 Å². The first kappa shape index (κ1) is 25.6. The molecule has 1 saturated heterocycles. The number of pyridine rings is 1. The predicted molar refractivity (Wildman–Crippen MR) is 126 cm³/mol. The van der Waals surface area contributed by atoms with Crippen LogP contribution in [0.1, 0.15) is 48.1 Å². The highest BCUT2D eigenvalue weighted by Crippen LogP contribution is 2.40. The summed E-state index contributed by atoms with van der Waals surface area (Å²) in [6.45, 7) is 3.19. The highest BCUT2D eigenvalue weighted by atomic mass is 19.4. The summed E-state index contributed by atoms with van der Waals surface area (Å²) in [4.78, 5) is 29.7. The van der Waals surface area contributed by atoms with Crippen molar-refractivity contribution in [3.63, 3.8) is 0 Å². The number of aryl methyl sites for hydroxylation is 1. The van der Waals surface area contributed by atoms with Crippen molar-refractivity contribution in [2.24, 2.45) is 0 Å². The molecule has 5 rings (SSSR count). The Labute approximate surface area is 205 Å². The molecule has 0 aliphatic carbocycles. The molecule has 0 saturated carbocycles. The fourth-order valence-corrected chi connectivity index (χ4v) is 4.84. The lowest BCUT2D eigenvalue weighted by Crippen LogP contribution is -2.54. The van der Waals surface area contributed by atoms with Gasteiger partial charge < -0.3 is 25.4 Å². The monoisotopic (exact) mass is 504 g/mol. The Bertz CT molecular complexity index is 1300. The van der Waals surface area contributed by atoms with Crippen molar-refractivity contribution in [2.75, 3.05) is 6.54 Å². The number of nitrogens with zero attached hydrogens (tertiary/aromatic N) is 2. The molecule has 1 fully saturated rings. The number of carbonyl (C=O) groups is 2. The topological polar surface area (TPSA) is 119 Å². The van der Waals surface area contributed by atoms with Gasteiger partial charge in [-0.1, -0.05) is 0 Å². The molecule has 4 N–H and O–H groups in total. The van der Waals surface area contributed by atoms with Crippen molar-refractivity contribution in [3.05, 3.63) is 52.8 Å². The predicted octanol–water partition coefficient (Wildman–Crippen LogP) is 3.82. The van der Waals surface area contributed by atoms with Gasteiger partial charge in [0.2, 0.25) is 5.60 Å². The minimum Gasteiger partial charge on any atom is -0.483 e. The van der Waals surface area contributed by atoms with Crippen LogP contribution in [-0.4, -0.2) is 55.8 Å². The van der Waals surface area contributed by atoms with E-state index in [-0.39, 0.29) is 25.6 Å². The average molecular weight is 505 g/mol. The Hall–Kier alpha value is -3.44. The second-order valence-corrected chi connectivity index (χ2v) is 9.28. The average Bonchev–Trinajstić information content (AvgIpc) is 3.57. The van der Waals surface area contributed by atoms with Gasteiger partial charge in [0.25, 0.3) is 12.4 Å². The Kier molecular flexibility index (Phi) is 6.80. The van der Waals surface area contributed by atoms with Gasteiger partial charge in [-0.15, -0.1) is 0 Å². The van der Waals surface area contributed by atoms with E-state index in [1.54, 1.807) is 6.20 Å². The number of aliphatic hydroxyl groups is 1. The van der Waals surface area contributed by atoms with Crippen LogP contribution in [0, 0.1) is 6.92 Å². The van der Waals surface area contributed by atoms with Crippen molar-refractivity contribution in [1.82, 2.24) is 20.2 Å². The largest absolute Gasteiger partial charge is 0.483 e. The second-order valence-electron chi connectivity index (χ2n) is 9.28. The molecule has 3 aromatic rings. The first-order valence-electron chi connectivity index (χ1n) is 11.5. The van der Waals surface area contributed by atoms with Gasteiger partial charge in [0.15, 0.2) is 0 Å². The summed E-state index contributed by atoms with van der Waals surface area (Å²) in [6, 6.07) is 6.10. The van der Waals surface area contributed by atoms with E-state index < -0.39 is 17.7 Å². The van der Waals surface area contributed by atoms with Crippen LogP contribution in [0.4, 0.5) is 13.2 Å². The maximum atomic E-state index is 13.3. The maximum absolute atomic E-state index is 13.3. The highest BCUT2D eigenvalue weighted by Gasteiger charge is 2.57. The van der Waals surface area contributed by atoms with Gasteiger partial charge >= 0.3 is 6.18 Å². The normalized spacial score (nSPS) is 18.9. The van der Waals surface area contributed by atoms with Gasteiger partial charge in [-0.3, -0.25) is 9.59 Å². The van der Waals surface area contributed by atoms with Crippen LogP contribution in [0.25, 0.3) is 22.2 Å². The van der Waals surface area contributed by atoms with Crippen molar-refractivity contribution < 1.29 is 33.0 Å². The van der Waals surface area contributed by atoms with E-state index in [1.807, 2.05) is 25.3 Å². The molecule has 1 aromatic carbocycles. The number of amides is 1. The van der Waals surface area contributed by atoms with Gasteiger partial charge in [-0.05, 0) is 79.3 Å². The van der Waals surface area contributed by atoms with E-state index in [1.165, 1.54) is 0 Å². The Morgan fingerprint density at radius 1 is 1.22 bits per heavy atom. The summed E-state index contributed by atoms with van der Waals surface area (Å²) in [5.41, 5.74) is 2.90. The fourth-order valence-electron chi connectivity index (χ4n) is 4.84. The van der Waals surface area contributed by atoms with Gasteiger partial charge in [0.1, 0.15) is 5.65 Å². The van der Waals surface area contributed by atoms with Crippen LogP contribution in [0.15, 0.2) is 30.6 Å². The summed E-state index contributed by atoms with van der Waals surface area (Å²) in [6.07, 6.45) is 0.547. The maximum Gasteiger partial charge on any atom is 0.426 e. The first-order chi connectivity index (χ1) is 17.0. The fraction of sp³-hybridized carbons (Fsp3) is 0.400. The molecule has 11 heteroatoms. The number of benzene rings is 1. The third-order valence-corrected chi connectivity index (χ3v) is 6.85. The number of rotatable bonds is 3. The number of carbonyl (C=O) groups excluding carboxylic acids is 1. The zero-order valence-electron chi connectivity index (χ0n) is 19.8. The summed E-state index contributed by atoms with van der Waals surface area (Å²) in [5, 5.41) is 21.3. The molecule has 1 unspecified atom stereocenters. The standard InChI is InChI=1S/C24H25F3N4O2.CH2O2/c1-13-9-29-21-17(13)8-15(10-30-21)14-6-16-11-31(22(32)23(2,33)24(25,26)27)12-19(16)18(7-14)20-4-3-5-28-20;2-1-3/h6-10,20,28,33H,3-5,11-12H2,1-2H3,(H,29,30);1H,(H,2,3)/t20-,23?;/m0./s1. The molecule has 0 radical (unpaired) electrons. The van der Waals surface area contributed by atoms with E-state index in [4.69, 9.17) is 9.90 Å². The second kappa shape index (κ2) is 9.55. The molecule has 36 heavy (non-hydrogen) atoms. The summed E-state index contributed by atoms with van der Waals surface area (Å²) in [7, 11) is 0. The first-order valence-corrected chi connectivity index (χ1v) is 11.5.